The molecule has 4 aromatic rings. The standard InChI is InChI=1S/C24H22N4O4/c29-23(10-9-20-7-4-14-31-20)25-12-11-24(30)27-18-5-3-6-21(15-18)32-17-19-16-28-13-2-1-8-22(28)26-19/h1-10,13-16H,11-12,17H2,(H,25,29)(H,27,30)/b10-9+. The van der Waals surface area contributed by atoms with Crippen LogP contribution in [0.3, 0.4) is 0 Å². The summed E-state index contributed by atoms with van der Waals surface area (Å²) < 4.78 is 12.9. The average Bonchev–Trinajstić information content (AvgIpc) is 3.46. The second kappa shape index (κ2) is 10.1. The van der Waals surface area contributed by atoms with Crippen LogP contribution in [0.15, 0.2) is 83.7 Å². The number of pyridine rings is 1. The summed E-state index contributed by atoms with van der Waals surface area (Å²) in [6.45, 7) is 0.536. The minimum Gasteiger partial charge on any atom is -0.487 e. The van der Waals surface area contributed by atoms with Gasteiger partial charge in [0.25, 0.3) is 0 Å². The Kier molecular flexibility index (Phi) is 6.62. The molecule has 8 heteroatoms. The molecule has 0 spiro atoms. The fourth-order valence-electron chi connectivity index (χ4n) is 3.00. The van der Waals surface area contributed by atoms with Crippen LogP contribution in [0.1, 0.15) is 17.9 Å². The summed E-state index contributed by atoms with van der Waals surface area (Å²) in [5, 5.41) is 5.47. The Morgan fingerprint density at radius 2 is 2.06 bits per heavy atom. The highest BCUT2D eigenvalue weighted by Crippen LogP contribution is 2.19. The molecule has 0 saturated heterocycles. The smallest absolute Gasteiger partial charge is 0.244 e. The number of rotatable bonds is 9. The summed E-state index contributed by atoms with van der Waals surface area (Å²) in [6, 6.07) is 16.4. The van der Waals surface area contributed by atoms with Crippen LogP contribution in [-0.4, -0.2) is 27.7 Å². The van der Waals surface area contributed by atoms with E-state index in [4.69, 9.17) is 9.15 Å². The fraction of sp³-hybridized carbons (Fsp3) is 0.125. The summed E-state index contributed by atoms with van der Waals surface area (Å²) >= 11 is 0. The third-order valence-electron chi connectivity index (χ3n) is 4.51. The number of benzene rings is 1. The van der Waals surface area contributed by atoms with Crippen molar-refractivity contribution in [2.75, 3.05) is 11.9 Å². The molecule has 1 aromatic carbocycles. The molecule has 162 valence electrons. The van der Waals surface area contributed by atoms with Gasteiger partial charge in [-0.05, 0) is 42.5 Å². The van der Waals surface area contributed by atoms with Gasteiger partial charge in [-0.1, -0.05) is 12.1 Å². The topological polar surface area (TPSA) is 97.9 Å². The normalized spacial score (nSPS) is 11.0. The molecule has 0 atom stereocenters. The number of aromatic nitrogens is 2. The highest BCUT2D eigenvalue weighted by Gasteiger charge is 2.06. The first-order valence-corrected chi connectivity index (χ1v) is 10.1. The number of hydrogen-bond donors (Lipinski definition) is 2. The Balaban J connectivity index is 1.22. The van der Waals surface area contributed by atoms with Crippen molar-refractivity contribution >= 4 is 29.2 Å². The number of ether oxygens (including phenoxy) is 1. The van der Waals surface area contributed by atoms with Crippen molar-refractivity contribution in [3.05, 3.63) is 90.8 Å². The highest BCUT2D eigenvalue weighted by atomic mass is 16.5. The molecule has 0 aliphatic heterocycles. The third-order valence-corrected chi connectivity index (χ3v) is 4.51. The molecule has 0 aliphatic carbocycles. The molecule has 32 heavy (non-hydrogen) atoms. The maximum Gasteiger partial charge on any atom is 0.244 e. The number of carbonyl (C=O) groups excluding carboxylic acids is 2. The molecule has 0 fully saturated rings. The summed E-state index contributed by atoms with van der Waals surface area (Å²) in [5.74, 6) is 0.701. The van der Waals surface area contributed by atoms with E-state index in [1.807, 2.05) is 41.1 Å². The van der Waals surface area contributed by atoms with Crippen LogP contribution in [0, 0.1) is 0 Å². The quantitative estimate of drug-likeness (QED) is 0.395. The number of furan rings is 1. The minimum atomic E-state index is -0.295. The monoisotopic (exact) mass is 430 g/mol. The van der Waals surface area contributed by atoms with Crippen molar-refractivity contribution in [1.82, 2.24) is 14.7 Å². The maximum atomic E-state index is 12.2. The Bertz CT molecular complexity index is 1190. The van der Waals surface area contributed by atoms with E-state index in [9.17, 15) is 9.59 Å². The van der Waals surface area contributed by atoms with E-state index in [0.717, 1.165) is 11.3 Å². The van der Waals surface area contributed by atoms with Crippen molar-refractivity contribution in [2.45, 2.75) is 13.0 Å². The van der Waals surface area contributed by atoms with Gasteiger partial charge in [-0.15, -0.1) is 0 Å². The molecule has 2 amide bonds. The lowest BCUT2D eigenvalue weighted by atomic mass is 10.3. The molecule has 0 bridgehead atoms. The van der Waals surface area contributed by atoms with Crippen LogP contribution in [0.2, 0.25) is 0 Å². The number of hydrogen-bond acceptors (Lipinski definition) is 5. The summed E-state index contributed by atoms with van der Waals surface area (Å²) in [6.07, 6.45) is 8.45. The van der Waals surface area contributed by atoms with Gasteiger partial charge < -0.3 is 24.2 Å². The molecule has 2 N–H and O–H groups in total. The van der Waals surface area contributed by atoms with Gasteiger partial charge in [0.1, 0.15) is 23.8 Å². The summed E-state index contributed by atoms with van der Waals surface area (Å²) in [7, 11) is 0. The third kappa shape index (κ3) is 5.85. The largest absolute Gasteiger partial charge is 0.487 e. The second-order valence-electron chi connectivity index (χ2n) is 6.95. The zero-order chi connectivity index (χ0) is 22.2. The van der Waals surface area contributed by atoms with Gasteiger partial charge in [0, 0.05) is 43.2 Å². The zero-order valence-electron chi connectivity index (χ0n) is 17.2. The maximum absolute atomic E-state index is 12.2. The highest BCUT2D eigenvalue weighted by molar-refractivity contribution is 5.93. The number of amides is 2. The van der Waals surface area contributed by atoms with E-state index in [2.05, 4.69) is 15.6 Å². The van der Waals surface area contributed by atoms with Gasteiger partial charge in [-0.2, -0.15) is 0 Å². The molecular formula is C24H22N4O4. The van der Waals surface area contributed by atoms with Crippen molar-refractivity contribution < 1.29 is 18.7 Å². The van der Waals surface area contributed by atoms with Gasteiger partial charge in [-0.25, -0.2) is 4.98 Å². The predicted molar refractivity (Wildman–Crippen MR) is 120 cm³/mol. The lowest BCUT2D eigenvalue weighted by molar-refractivity contribution is -0.117. The van der Waals surface area contributed by atoms with Gasteiger partial charge in [0.2, 0.25) is 11.8 Å². The van der Waals surface area contributed by atoms with Crippen LogP contribution in [0.4, 0.5) is 5.69 Å². The Hall–Kier alpha value is -4.33. The van der Waals surface area contributed by atoms with E-state index in [0.29, 0.717) is 23.8 Å². The van der Waals surface area contributed by atoms with Crippen LogP contribution in [0.5, 0.6) is 5.75 Å². The van der Waals surface area contributed by atoms with Crippen molar-refractivity contribution in [3.63, 3.8) is 0 Å². The Labute approximate surface area is 184 Å². The lowest BCUT2D eigenvalue weighted by Gasteiger charge is -2.09. The van der Waals surface area contributed by atoms with Gasteiger partial charge >= 0.3 is 0 Å². The van der Waals surface area contributed by atoms with Crippen molar-refractivity contribution in [2.24, 2.45) is 0 Å². The van der Waals surface area contributed by atoms with Crippen molar-refractivity contribution in [3.8, 4) is 5.75 Å². The Morgan fingerprint density at radius 3 is 2.91 bits per heavy atom. The molecule has 0 aliphatic rings. The predicted octanol–water partition coefficient (Wildman–Crippen LogP) is 3.66. The van der Waals surface area contributed by atoms with Crippen LogP contribution in [-0.2, 0) is 16.2 Å². The SMILES string of the molecule is O=C(/C=C/c1ccco1)NCCC(=O)Nc1cccc(OCc2cn3ccccc3n2)c1. The number of anilines is 1. The number of carbonyl (C=O) groups is 2. The first kappa shape index (κ1) is 20.9. The van der Waals surface area contributed by atoms with E-state index >= 15 is 0 Å². The van der Waals surface area contributed by atoms with E-state index < -0.39 is 0 Å². The molecule has 0 radical (unpaired) electrons. The van der Waals surface area contributed by atoms with Crippen LogP contribution < -0.4 is 15.4 Å². The zero-order valence-corrected chi connectivity index (χ0v) is 17.2. The Morgan fingerprint density at radius 1 is 1.12 bits per heavy atom. The molecule has 8 nitrogen and oxygen atoms in total. The molecular weight excluding hydrogens is 408 g/mol. The minimum absolute atomic E-state index is 0.146. The summed E-state index contributed by atoms with van der Waals surface area (Å²) in [4.78, 5) is 28.5. The van der Waals surface area contributed by atoms with E-state index in [-0.39, 0.29) is 24.8 Å². The molecule has 3 heterocycles. The number of nitrogens with one attached hydrogen (secondary N) is 2. The number of fused-ring (bicyclic) bond motifs is 1. The van der Waals surface area contributed by atoms with Gasteiger partial charge in [-0.3, -0.25) is 9.59 Å². The van der Waals surface area contributed by atoms with Crippen LogP contribution in [0.25, 0.3) is 11.7 Å². The van der Waals surface area contributed by atoms with Crippen LogP contribution >= 0.6 is 0 Å². The van der Waals surface area contributed by atoms with E-state index in [1.165, 1.54) is 12.3 Å². The molecule has 0 saturated carbocycles. The molecule has 3 aromatic heterocycles. The van der Waals surface area contributed by atoms with Gasteiger partial charge in [0.05, 0.1) is 12.0 Å². The average molecular weight is 430 g/mol. The second-order valence-corrected chi connectivity index (χ2v) is 6.95. The molecule has 4 rings (SSSR count). The lowest BCUT2D eigenvalue weighted by Crippen LogP contribution is -2.26. The number of imidazole rings is 1. The summed E-state index contributed by atoms with van der Waals surface area (Å²) in [5.41, 5.74) is 2.28. The number of nitrogens with zero attached hydrogens (tertiary/aromatic N) is 2. The first-order chi connectivity index (χ1) is 15.7. The first-order valence-electron chi connectivity index (χ1n) is 10.1. The molecule has 0 unspecified atom stereocenters. The van der Waals surface area contributed by atoms with E-state index in [1.54, 1.807) is 36.4 Å². The fourth-order valence-corrected chi connectivity index (χ4v) is 3.00. The van der Waals surface area contributed by atoms with Crippen molar-refractivity contribution in [1.29, 1.82) is 0 Å². The van der Waals surface area contributed by atoms with Gasteiger partial charge in [0.15, 0.2) is 0 Å².